The van der Waals surface area contributed by atoms with E-state index < -0.39 is 18.0 Å². The summed E-state index contributed by atoms with van der Waals surface area (Å²) in [5, 5.41) is 2.93. The summed E-state index contributed by atoms with van der Waals surface area (Å²) in [6.45, 7) is 1.49. The topological polar surface area (TPSA) is 64.6 Å². The molecule has 0 spiro atoms. The molecule has 5 nitrogen and oxygen atoms in total. The number of hydrogen-bond donors (Lipinski definition) is 1. The van der Waals surface area contributed by atoms with Gasteiger partial charge in [0.2, 0.25) is 0 Å². The molecule has 0 bridgehead atoms. The number of hydrogen-bond acceptors (Lipinski definition) is 4. The fraction of sp³-hybridized carbons (Fsp3) is 0.176. The first-order chi connectivity index (χ1) is 11.0. The zero-order chi connectivity index (χ0) is 16.8. The van der Waals surface area contributed by atoms with Crippen molar-refractivity contribution in [3.8, 4) is 5.75 Å². The number of amides is 1. The Morgan fingerprint density at radius 3 is 2.43 bits per heavy atom. The van der Waals surface area contributed by atoms with E-state index in [1.54, 1.807) is 42.5 Å². The Morgan fingerprint density at radius 2 is 1.74 bits per heavy atom. The maximum atomic E-state index is 12.2. The second-order valence-electron chi connectivity index (χ2n) is 4.72. The number of halogens is 1. The lowest BCUT2D eigenvalue weighted by molar-refractivity contribution is -0.123. The van der Waals surface area contributed by atoms with E-state index in [1.165, 1.54) is 20.1 Å². The average molecular weight is 334 g/mol. The van der Waals surface area contributed by atoms with Gasteiger partial charge in [0, 0.05) is 0 Å². The fourth-order valence-corrected chi connectivity index (χ4v) is 2.10. The summed E-state index contributed by atoms with van der Waals surface area (Å²) in [7, 11) is 1.51. The van der Waals surface area contributed by atoms with Gasteiger partial charge in [-0.2, -0.15) is 0 Å². The van der Waals surface area contributed by atoms with Crippen LogP contribution in [0.15, 0.2) is 48.5 Å². The highest BCUT2D eigenvalue weighted by atomic mass is 35.5. The molecule has 0 aliphatic carbocycles. The van der Waals surface area contributed by atoms with Gasteiger partial charge in [-0.25, -0.2) is 4.79 Å². The van der Waals surface area contributed by atoms with E-state index in [0.29, 0.717) is 11.4 Å². The molecule has 1 N–H and O–H groups in total. The number of ether oxygens (including phenoxy) is 2. The lowest BCUT2D eigenvalue weighted by Crippen LogP contribution is -2.30. The molecule has 0 aliphatic heterocycles. The standard InChI is InChI=1S/C17H16ClNO4/c1-11(23-17(21)12-7-3-4-8-13(12)18)16(20)19-14-9-5-6-10-15(14)22-2/h3-11H,1-2H3,(H,19,20). The number of anilines is 1. The Labute approximate surface area is 139 Å². The number of para-hydroxylation sites is 2. The van der Waals surface area contributed by atoms with Gasteiger partial charge in [-0.15, -0.1) is 0 Å². The number of nitrogens with one attached hydrogen (secondary N) is 1. The van der Waals surface area contributed by atoms with Gasteiger partial charge in [-0.1, -0.05) is 35.9 Å². The van der Waals surface area contributed by atoms with E-state index in [1.807, 2.05) is 0 Å². The molecule has 1 unspecified atom stereocenters. The molecular formula is C17H16ClNO4. The molecular weight excluding hydrogens is 318 g/mol. The van der Waals surface area contributed by atoms with Crippen molar-refractivity contribution in [1.29, 1.82) is 0 Å². The van der Waals surface area contributed by atoms with Crippen LogP contribution in [-0.2, 0) is 9.53 Å². The first-order valence-corrected chi connectivity index (χ1v) is 7.30. The van der Waals surface area contributed by atoms with Crippen LogP contribution < -0.4 is 10.1 Å². The maximum Gasteiger partial charge on any atom is 0.340 e. The van der Waals surface area contributed by atoms with E-state index in [9.17, 15) is 9.59 Å². The van der Waals surface area contributed by atoms with Gasteiger partial charge in [-0.05, 0) is 31.2 Å². The molecule has 1 atom stereocenters. The van der Waals surface area contributed by atoms with Gasteiger partial charge in [-0.3, -0.25) is 4.79 Å². The number of carbonyl (C=O) groups is 2. The van der Waals surface area contributed by atoms with Crippen LogP contribution in [0.1, 0.15) is 17.3 Å². The molecule has 0 fully saturated rings. The highest BCUT2D eigenvalue weighted by Crippen LogP contribution is 2.23. The Hall–Kier alpha value is -2.53. The number of carbonyl (C=O) groups excluding carboxylic acids is 2. The predicted molar refractivity (Wildman–Crippen MR) is 88.0 cm³/mol. The van der Waals surface area contributed by atoms with Crippen molar-refractivity contribution in [2.24, 2.45) is 0 Å². The molecule has 0 radical (unpaired) electrons. The third-order valence-corrected chi connectivity index (χ3v) is 3.44. The summed E-state index contributed by atoms with van der Waals surface area (Å²) >= 11 is 5.93. The van der Waals surface area contributed by atoms with Crippen molar-refractivity contribution in [2.75, 3.05) is 12.4 Å². The molecule has 1 amide bonds. The molecule has 2 rings (SSSR count). The van der Waals surface area contributed by atoms with Gasteiger partial charge in [0.15, 0.2) is 6.10 Å². The van der Waals surface area contributed by atoms with Gasteiger partial charge in [0.25, 0.3) is 5.91 Å². The zero-order valence-corrected chi connectivity index (χ0v) is 13.5. The van der Waals surface area contributed by atoms with Crippen LogP contribution in [0.3, 0.4) is 0 Å². The minimum absolute atomic E-state index is 0.214. The summed E-state index contributed by atoms with van der Waals surface area (Å²) in [5.74, 6) is -0.598. The van der Waals surface area contributed by atoms with Crippen LogP contribution in [0.2, 0.25) is 5.02 Å². The quantitative estimate of drug-likeness (QED) is 0.850. The monoisotopic (exact) mass is 333 g/mol. The largest absolute Gasteiger partial charge is 0.495 e. The Morgan fingerprint density at radius 1 is 1.09 bits per heavy atom. The van der Waals surface area contributed by atoms with E-state index in [4.69, 9.17) is 21.1 Å². The second kappa shape index (κ2) is 7.65. The Balaban J connectivity index is 2.03. The molecule has 0 saturated heterocycles. The zero-order valence-electron chi connectivity index (χ0n) is 12.7. The fourth-order valence-electron chi connectivity index (χ4n) is 1.89. The summed E-state index contributed by atoms with van der Waals surface area (Å²) < 4.78 is 10.3. The van der Waals surface area contributed by atoms with E-state index >= 15 is 0 Å². The normalized spacial score (nSPS) is 11.4. The maximum absolute atomic E-state index is 12.2. The van der Waals surface area contributed by atoms with Crippen LogP contribution in [-0.4, -0.2) is 25.1 Å². The number of esters is 1. The third kappa shape index (κ3) is 4.23. The lowest BCUT2D eigenvalue weighted by atomic mass is 10.2. The number of benzene rings is 2. The van der Waals surface area contributed by atoms with Crippen molar-refractivity contribution in [3.63, 3.8) is 0 Å². The first kappa shape index (κ1) is 16.8. The Kier molecular flexibility index (Phi) is 5.60. The summed E-state index contributed by atoms with van der Waals surface area (Å²) in [5.41, 5.74) is 0.715. The van der Waals surface area contributed by atoms with E-state index in [-0.39, 0.29) is 10.6 Å². The van der Waals surface area contributed by atoms with Gasteiger partial charge in [0.1, 0.15) is 5.75 Å². The highest BCUT2D eigenvalue weighted by molar-refractivity contribution is 6.33. The molecule has 0 aliphatic rings. The molecule has 2 aromatic carbocycles. The van der Waals surface area contributed by atoms with Crippen LogP contribution in [0.5, 0.6) is 5.75 Å². The van der Waals surface area contributed by atoms with Crippen molar-refractivity contribution < 1.29 is 19.1 Å². The van der Waals surface area contributed by atoms with Crippen LogP contribution in [0.25, 0.3) is 0 Å². The average Bonchev–Trinajstić information content (AvgIpc) is 2.55. The minimum atomic E-state index is -0.983. The van der Waals surface area contributed by atoms with Gasteiger partial charge < -0.3 is 14.8 Å². The number of methoxy groups -OCH3 is 1. The smallest absolute Gasteiger partial charge is 0.340 e. The predicted octanol–water partition coefficient (Wildman–Crippen LogP) is 3.53. The van der Waals surface area contributed by atoms with E-state index in [2.05, 4.69) is 5.32 Å². The van der Waals surface area contributed by atoms with Crippen LogP contribution in [0, 0.1) is 0 Å². The van der Waals surface area contributed by atoms with Crippen molar-refractivity contribution in [2.45, 2.75) is 13.0 Å². The van der Waals surface area contributed by atoms with Crippen LogP contribution >= 0.6 is 11.6 Å². The first-order valence-electron chi connectivity index (χ1n) is 6.92. The highest BCUT2D eigenvalue weighted by Gasteiger charge is 2.21. The van der Waals surface area contributed by atoms with Crippen molar-refractivity contribution >= 4 is 29.2 Å². The molecule has 0 aromatic heterocycles. The van der Waals surface area contributed by atoms with Crippen molar-refractivity contribution in [3.05, 3.63) is 59.1 Å². The van der Waals surface area contributed by atoms with Crippen LogP contribution in [0.4, 0.5) is 5.69 Å². The molecule has 23 heavy (non-hydrogen) atoms. The Bertz CT molecular complexity index is 717. The lowest BCUT2D eigenvalue weighted by Gasteiger charge is -2.15. The summed E-state index contributed by atoms with van der Waals surface area (Å²) in [4.78, 5) is 24.2. The van der Waals surface area contributed by atoms with E-state index in [0.717, 1.165) is 0 Å². The van der Waals surface area contributed by atoms with Gasteiger partial charge >= 0.3 is 5.97 Å². The second-order valence-corrected chi connectivity index (χ2v) is 5.12. The van der Waals surface area contributed by atoms with Crippen molar-refractivity contribution in [1.82, 2.24) is 0 Å². The molecule has 2 aromatic rings. The molecule has 6 heteroatoms. The molecule has 0 heterocycles. The summed E-state index contributed by atoms with van der Waals surface area (Å²) in [6.07, 6.45) is -0.983. The SMILES string of the molecule is COc1ccccc1NC(=O)C(C)OC(=O)c1ccccc1Cl. The summed E-state index contributed by atoms with van der Waals surface area (Å²) in [6, 6.07) is 13.5. The minimum Gasteiger partial charge on any atom is -0.495 e. The molecule has 0 saturated carbocycles. The third-order valence-electron chi connectivity index (χ3n) is 3.11. The molecule has 120 valence electrons. The van der Waals surface area contributed by atoms with Gasteiger partial charge in [0.05, 0.1) is 23.4 Å². The number of rotatable bonds is 5.